The van der Waals surface area contributed by atoms with Crippen LogP contribution in [0.25, 0.3) is 5.69 Å². The minimum absolute atomic E-state index is 0.118. The molecule has 1 aromatic heterocycles. The zero-order chi connectivity index (χ0) is 17.7. The van der Waals surface area contributed by atoms with E-state index >= 15 is 0 Å². The van der Waals surface area contributed by atoms with E-state index in [2.05, 4.69) is 10.4 Å². The monoisotopic (exact) mass is 329 g/mol. The predicted octanol–water partition coefficient (Wildman–Crippen LogP) is 2.96. The number of hydrogen-bond acceptors (Lipinski definition) is 3. The molecule has 1 atom stereocenters. The molecular weight excluding hydrogens is 302 g/mol. The molecule has 1 amide bonds. The first-order chi connectivity index (χ1) is 11.3. The van der Waals surface area contributed by atoms with Gasteiger partial charge < -0.3 is 10.4 Å². The fourth-order valence-electron chi connectivity index (χ4n) is 2.98. The Labute approximate surface area is 143 Å². The van der Waals surface area contributed by atoms with E-state index < -0.39 is 0 Å². The number of nitrogens with one attached hydrogen (secondary N) is 1. The van der Waals surface area contributed by atoms with Crippen LogP contribution in [0.1, 0.15) is 50.2 Å². The SMILES string of the molecule is CCc1c(C(=O)NCC(C)(C)CC(C)O)cnn1-c1ccccc1. The van der Waals surface area contributed by atoms with Gasteiger partial charge in [0, 0.05) is 6.54 Å². The molecule has 0 aliphatic heterocycles. The van der Waals surface area contributed by atoms with Gasteiger partial charge >= 0.3 is 0 Å². The summed E-state index contributed by atoms with van der Waals surface area (Å²) >= 11 is 0. The first kappa shape index (κ1) is 18.2. The summed E-state index contributed by atoms with van der Waals surface area (Å²) in [4.78, 5) is 12.6. The molecule has 2 aromatic rings. The number of aromatic nitrogens is 2. The van der Waals surface area contributed by atoms with Crippen LogP contribution in [-0.4, -0.2) is 33.4 Å². The third-order valence-electron chi connectivity index (χ3n) is 4.02. The maximum atomic E-state index is 12.6. The number of aliphatic hydroxyl groups excluding tert-OH is 1. The molecule has 0 radical (unpaired) electrons. The zero-order valence-electron chi connectivity index (χ0n) is 14.9. The normalized spacial score (nSPS) is 12.9. The highest BCUT2D eigenvalue weighted by Crippen LogP contribution is 2.22. The smallest absolute Gasteiger partial charge is 0.254 e. The van der Waals surface area contributed by atoms with E-state index in [0.717, 1.165) is 11.4 Å². The van der Waals surface area contributed by atoms with Gasteiger partial charge in [-0.15, -0.1) is 0 Å². The van der Waals surface area contributed by atoms with Crippen LogP contribution in [-0.2, 0) is 6.42 Å². The number of carbonyl (C=O) groups excluding carboxylic acids is 1. The molecule has 0 saturated heterocycles. The van der Waals surface area contributed by atoms with Crippen molar-refractivity contribution in [1.82, 2.24) is 15.1 Å². The molecule has 0 aliphatic rings. The maximum Gasteiger partial charge on any atom is 0.254 e. The summed E-state index contributed by atoms with van der Waals surface area (Å²) in [5, 5.41) is 16.9. The number of carbonyl (C=O) groups is 1. The Hall–Kier alpha value is -2.14. The number of benzene rings is 1. The van der Waals surface area contributed by atoms with Crippen LogP contribution in [0.2, 0.25) is 0 Å². The van der Waals surface area contributed by atoms with Crippen LogP contribution in [0.5, 0.6) is 0 Å². The minimum Gasteiger partial charge on any atom is -0.393 e. The van der Waals surface area contributed by atoms with Gasteiger partial charge in [-0.25, -0.2) is 4.68 Å². The lowest BCUT2D eigenvalue weighted by molar-refractivity contribution is 0.0901. The topological polar surface area (TPSA) is 67.2 Å². The van der Waals surface area contributed by atoms with Crippen LogP contribution in [0.4, 0.5) is 0 Å². The maximum absolute atomic E-state index is 12.6. The highest BCUT2D eigenvalue weighted by atomic mass is 16.3. The summed E-state index contributed by atoms with van der Waals surface area (Å²) in [6, 6.07) is 9.80. The third kappa shape index (κ3) is 4.45. The molecule has 0 spiro atoms. The van der Waals surface area contributed by atoms with Gasteiger partial charge in [0.2, 0.25) is 0 Å². The molecule has 0 fully saturated rings. The lowest BCUT2D eigenvalue weighted by Crippen LogP contribution is -2.36. The molecular formula is C19H27N3O2. The highest BCUT2D eigenvalue weighted by Gasteiger charge is 2.23. The van der Waals surface area contributed by atoms with Crippen LogP contribution in [0, 0.1) is 5.41 Å². The number of aliphatic hydroxyl groups is 1. The van der Waals surface area contributed by atoms with Crippen molar-refractivity contribution >= 4 is 5.91 Å². The highest BCUT2D eigenvalue weighted by molar-refractivity contribution is 5.95. The van der Waals surface area contributed by atoms with E-state index in [-0.39, 0.29) is 17.4 Å². The second-order valence-electron chi connectivity index (χ2n) is 7.01. The summed E-state index contributed by atoms with van der Waals surface area (Å²) in [6.07, 6.45) is 2.60. The number of nitrogens with zero attached hydrogens (tertiary/aromatic N) is 2. The fourth-order valence-corrected chi connectivity index (χ4v) is 2.98. The van der Waals surface area contributed by atoms with Crippen LogP contribution >= 0.6 is 0 Å². The number of rotatable bonds is 7. The first-order valence-electron chi connectivity index (χ1n) is 8.42. The Morgan fingerprint density at radius 1 is 1.33 bits per heavy atom. The third-order valence-corrected chi connectivity index (χ3v) is 4.02. The van der Waals surface area contributed by atoms with E-state index in [1.54, 1.807) is 13.1 Å². The molecule has 130 valence electrons. The molecule has 5 nitrogen and oxygen atoms in total. The average Bonchev–Trinajstić information content (AvgIpc) is 2.96. The Morgan fingerprint density at radius 2 is 2.00 bits per heavy atom. The van der Waals surface area contributed by atoms with Gasteiger partial charge in [0.1, 0.15) is 0 Å². The van der Waals surface area contributed by atoms with Crippen LogP contribution in [0.15, 0.2) is 36.5 Å². The molecule has 1 aromatic carbocycles. The fraction of sp³-hybridized carbons (Fsp3) is 0.474. The van der Waals surface area contributed by atoms with Crippen molar-refractivity contribution in [1.29, 1.82) is 0 Å². The van der Waals surface area contributed by atoms with E-state index in [1.807, 2.05) is 55.8 Å². The van der Waals surface area contributed by atoms with Crippen LogP contribution in [0.3, 0.4) is 0 Å². The van der Waals surface area contributed by atoms with E-state index in [4.69, 9.17) is 0 Å². The Morgan fingerprint density at radius 3 is 2.58 bits per heavy atom. The average molecular weight is 329 g/mol. The van der Waals surface area contributed by atoms with Gasteiger partial charge in [0.05, 0.1) is 29.2 Å². The molecule has 0 bridgehead atoms. The predicted molar refractivity (Wildman–Crippen MR) is 95.4 cm³/mol. The van der Waals surface area contributed by atoms with Crippen LogP contribution < -0.4 is 5.32 Å². The summed E-state index contributed by atoms with van der Waals surface area (Å²) in [7, 11) is 0. The van der Waals surface area contributed by atoms with Gasteiger partial charge in [-0.05, 0) is 37.3 Å². The van der Waals surface area contributed by atoms with E-state index in [1.165, 1.54) is 0 Å². The molecule has 1 unspecified atom stereocenters. The molecule has 0 aliphatic carbocycles. The van der Waals surface area contributed by atoms with Crippen molar-refractivity contribution in [3.05, 3.63) is 47.8 Å². The number of hydrogen-bond donors (Lipinski definition) is 2. The Kier molecular flexibility index (Phi) is 5.78. The van der Waals surface area contributed by atoms with Gasteiger partial charge in [0.15, 0.2) is 0 Å². The second-order valence-corrected chi connectivity index (χ2v) is 7.01. The lowest BCUT2D eigenvalue weighted by atomic mass is 9.87. The van der Waals surface area contributed by atoms with Crippen molar-refractivity contribution in [2.24, 2.45) is 5.41 Å². The first-order valence-corrected chi connectivity index (χ1v) is 8.42. The molecule has 5 heteroatoms. The van der Waals surface area contributed by atoms with Crippen molar-refractivity contribution < 1.29 is 9.90 Å². The zero-order valence-corrected chi connectivity index (χ0v) is 14.9. The van der Waals surface area contributed by atoms with Crippen molar-refractivity contribution in [2.75, 3.05) is 6.54 Å². The Balaban J connectivity index is 2.15. The number of para-hydroxylation sites is 1. The van der Waals surface area contributed by atoms with Gasteiger partial charge in [-0.1, -0.05) is 39.0 Å². The van der Waals surface area contributed by atoms with E-state index in [9.17, 15) is 9.90 Å². The quantitative estimate of drug-likeness (QED) is 0.820. The molecule has 0 saturated carbocycles. The van der Waals surface area contributed by atoms with Crippen molar-refractivity contribution in [2.45, 2.75) is 46.6 Å². The lowest BCUT2D eigenvalue weighted by Gasteiger charge is -2.26. The number of amides is 1. The molecule has 24 heavy (non-hydrogen) atoms. The summed E-state index contributed by atoms with van der Waals surface area (Å²) in [5.41, 5.74) is 2.29. The summed E-state index contributed by atoms with van der Waals surface area (Å²) in [5.74, 6) is -0.118. The molecule has 2 rings (SSSR count). The summed E-state index contributed by atoms with van der Waals surface area (Å²) < 4.78 is 1.82. The standard InChI is InChI=1S/C19H27N3O2/c1-5-17-16(12-21-22(17)15-9-7-6-8-10-15)18(24)20-13-19(3,4)11-14(2)23/h6-10,12,14,23H,5,11,13H2,1-4H3,(H,20,24). The van der Waals surface area contributed by atoms with Gasteiger partial charge in [0.25, 0.3) is 5.91 Å². The molecule has 1 heterocycles. The van der Waals surface area contributed by atoms with Gasteiger partial charge in [-0.2, -0.15) is 5.10 Å². The minimum atomic E-state index is -0.385. The summed E-state index contributed by atoms with van der Waals surface area (Å²) in [6.45, 7) is 8.37. The molecule has 2 N–H and O–H groups in total. The second kappa shape index (κ2) is 7.62. The van der Waals surface area contributed by atoms with Gasteiger partial charge in [-0.3, -0.25) is 4.79 Å². The van der Waals surface area contributed by atoms with Crippen molar-refractivity contribution in [3.63, 3.8) is 0 Å². The Bertz CT molecular complexity index is 675. The van der Waals surface area contributed by atoms with E-state index in [0.29, 0.717) is 24.9 Å². The largest absolute Gasteiger partial charge is 0.393 e. The van der Waals surface area contributed by atoms with Crippen molar-refractivity contribution in [3.8, 4) is 5.69 Å².